The van der Waals surface area contributed by atoms with Crippen LogP contribution in [0.5, 0.6) is 5.75 Å². The molecule has 110 valence electrons. The Hall–Kier alpha value is -1.07. The van der Waals surface area contributed by atoms with Gasteiger partial charge < -0.3 is 14.5 Å². The van der Waals surface area contributed by atoms with E-state index in [9.17, 15) is 0 Å². The molecule has 0 saturated carbocycles. The van der Waals surface area contributed by atoms with E-state index in [-0.39, 0.29) is 0 Å². The van der Waals surface area contributed by atoms with Gasteiger partial charge in [-0.3, -0.25) is 0 Å². The van der Waals surface area contributed by atoms with Crippen molar-refractivity contribution in [2.45, 2.75) is 25.3 Å². The van der Waals surface area contributed by atoms with Gasteiger partial charge in [0.05, 0.1) is 7.11 Å². The van der Waals surface area contributed by atoms with Gasteiger partial charge >= 0.3 is 0 Å². The molecule has 5 nitrogen and oxygen atoms in total. The predicted octanol–water partition coefficient (Wildman–Crippen LogP) is 2.06. The number of hydrogen-bond donors (Lipinski definition) is 0. The molecule has 1 aromatic heterocycles. The van der Waals surface area contributed by atoms with Crippen molar-refractivity contribution in [3.8, 4) is 5.75 Å². The minimum Gasteiger partial charge on any atom is -0.490 e. The van der Waals surface area contributed by atoms with E-state index < -0.39 is 0 Å². The Morgan fingerprint density at radius 1 is 1.30 bits per heavy atom. The van der Waals surface area contributed by atoms with Crippen LogP contribution in [0.2, 0.25) is 5.15 Å². The van der Waals surface area contributed by atoms with Crippen LogP contribution >= 0.6 is 11.6 Å². The molecular formula is C14H21ClN4O. The zero-order valence-electron chi connectivity index (χ0n) is 12.0. The van der Waals surface area contributed by atoms with Crippen molar-refractivity contribution in [3.05, 3.63) is 11.5 Å². The van der Waals surface area contributed by atoms with Crippen molar-refractivity contribution in [1.82, 2.24) is 14.9 Å². The standard InChI is InChI=1S/C14H21ClN4O/c1-18-6-3-4-10-8-19(7-5-11(10)18)14-12(20-2)13(15)16-9-17-14/h9-11H,3-8H2,1-2H3. The molecule has 20 heavy (non-hydrogen) atoms. The molecular weight excluding hydrogens is 276 g/mol. The maximum absolute atomic E-state index is 6.10. The Balaban J connectivity index is 1.81. The molecule has 0 aliphatic carbocycles. The van der Waals surface area contributed by atoms with Crippen molar-refractivity contribution in [2.24, 2.45) is 5.92 Å². The summed E-state index contributed by atoms with van der Waals surface area (Å²) in [6.45, 7) is 3.25. The van der Waals surface area contributed by atoms with Crippen LogP contribution in [0.4, 0.5) is 5.82 Å². The molecule has 2 aliphatic rings. The topological polar surface area (TPSA) is 41.5 Å². The van der Waals surface area contributed by atoms with Gasteiger partial charge in [-0.25, -0.2) is 9.97 Å². The van der Waals surface area contributed by atoms with Gasteiger partial charge in [0, 0.05) is 19.1 Å². The maximum atomic E-state index is 6.10. The average molecular weight is 297 g/mol. The van der Waals surface area contributed by atoms with E-state index in [4.69, 9.17) is 16.3 Å². The second-order valence-corrected chi connectivity index (χ2v) is 6.06. The fourth-order valence-electron chi connectivity index (χ4n) is 3.59. The van der Waals surface area contributed by atoms with Crippen LogP contribution in [0.25, 0.3) is 0 Å². The summed E-state index contributed by atoms with van der Waals surface area (Å²) in [5.41, 5.74) is 0. The molecule has 2 aliphatic heterocycles. The number of halogens is 1. The normalized spacial score (nSPS) is 27.2. The fraction of sp³-hybridized carbons (Fsp3) is 0.714. The second kappa shape index (κ2) is 5.74. The molecule has 0 spiro atoms. The predicted molar refractivity (Wildman–Crippen MR) is 79.6 cm³/mol. The number of aromatic nitrogens is 2. The third-order valence-electron chi connectivity index (χ3n) is 4.59. The van der Waals surface area contributed by atoms with Crippen LogP contribution < -0.4 is 9.64 Å². The van der Waals surface area contributed by atoms with Crippen molar-refractivity contribution in [2.75, 3.05) is 38.7 Å². The molecule has 2 saturated heterocycles. The summed E-state index contributed by atoms with van der Waals surface area (Å²) < 4.78 is 5.38. The van der Waals surface area contributed by atoms with Crippen LogP contribution in [-0.4, -0.2) is 54.7 Å². The van der Waals surface area contributed by atoms with Gasteiger partial charge in [0.15, 0.2) is 16.7 Å². The van der Waals surface area contributed by atoms with Gasteiger partial charge in [-0.05, 0) is 38.8 Å². The quantitative estimate of drug-likeness (QED) is 0.782. The number of rotatable bonds is 2. The molecule has 3 rings (SSSR count). The first-order chi connectivity index (χ1) is 9.70. The number of anilines is 1. The van der Waals surface area contributed by atoms with E-state index in [1.165, 1.54) is 32.1 Å². The Morgan fingerprint density at radius 3 is 2.95 bits per heavy atom. The van der Waals surface area contributed by atoms with E-state index in [1.54, 1.807) is 7.11 Å². The smallest absolute Gasteiger partial charge is 0.199 e. The van der Waals surface area contributed by atoms with Crippen LogP contribution in [0.15, 0.2) is 6.33 Å². The molecule has 0 radical (unpaired) electrons. The molecule has 2 atom stereocenters. The molecule has 6 heteroatoms. The number of methoxy groups -OCH3 is 1. The van der Waals surface area contributed by atoms with Gasteiger partial charge in [-0.1, -0.05) is 11.6 Å². The highest BCUT2D eigenvalue weighted by molar-refractivity contribution is 6.31. The summed E-state index contributed by atoms with van der Waals surface area (Å²) in [5.74, 6) is 2.14. The lowest BCUT2D eigenvalue weighted by Gasteiger charge is -2.46. The van der Waals surface area contributed by atoms with E-state index in [0.717, 1.165) is 18.9 Å². The summed E-state index contributed by atoms with van der Waals surface area (Å²) in [7, 11) is 3.86. The Labute approximate surface area is 124 Å². The number of hydrogen-bond acceptors (Lipinski definition) is 5. The molecule has 0 N–H and O–H groups in total. The van der Waals surface area contributed by atoms with E-state index in [0.29, 0.717) is 22.9 Å². The van der Waals surface area contributed by atoms with Gasteiger partial charge in [0.1, 0.15) is 6.33 Å². The van der Waals surface area contributed by atoms with Crippen molar-refractivity contribution in [1.29, 1.82) is 0 Å². The maximum Gasteiger partial charge on any atom is 0.199 e. The van der Waals surface area contributed by atoms with Crippen molar-refractivity contribution in [3.63, 3.8) is 0 Å². The highest BCUT2D eigenvalue weighted by Crippen LogP contribution is 2.36. The summed E-state index contributed by atoms with van der Waals surface area (Å²) in [6.07, 6.45) is 5.27. The summed E-state index contributed by atoms with van der Waals surface area (Å²) in [5, 5.41) is 0.389. The minimum absolute atomic E-state index is 0.389. The molecule has 0 bridgehead atoms. The average Bonchev–Trinajstić information content (AvgIpc) is 2.47. The van der Waals surface area contributed by atoms with Crippen molar-refractivity contribution < 1.29 is 4.74 Å². The largest absolute Gasteiger partial charge is 0.490 e. The fourth-order valence-corrected chi connectivity index (χ4v) is 3.79. The van der Waals surface area contributed by atoms with Gasteiger partial charge in [-0.15, -0.1) is 0 Å². The second-order valence-electron chi connectivity index (χ2n) is 5.71. The Morgan fingerprint density at radius 2 is 2.15 bits per heavy atom. The highest BCUT2D eigenvalue weighted by Gasteiger charge is 2.35. The van der Waals surface area contributed by atoms with Crippen LogP contribution in [-0.2, 0) is 0 Å². The molecule has 3 heterocycles. The van der Waals surface area contributed by atoms with E-state index >= 15 is 0 Å². The first-order valence-electron chi connectivity index (χ1n) is 7.20. The number of piperidine rings is 2. The number of ether oxygens (including phenoxy) is 1. The van der Waals surface area contributed by atoms with Crippen LogP contribution in [0, 0.1) is 5.92 Å². The van der Waals surface area contributed by atoms with Crippen LogP contribution in [0.3, 0.4) is 0 Å². The lowest BCUT2D eigenvalue weighted by molar-refractivity contribution is 0.102. The first kappa shape index (κ1) is 13.9. The lowest BCUT2D eigenvalue weighted by atomic mass is 9.84. The zero-order chi connectivity index (χ0) is 14.1. The molecule has 0 aromatic carbocycles. The Bertz CT molecular complexity index is 484. The monoisotopic (exact) mass is 296 g/mol. The molecule has 2 unspecified atom stereocenters. The SMILES string of the molecule is COc1c(Cl)ncnc1N1CCC2C(CCCN2C)C1. The zero-order valence-corrected chi connectivity index (χ0v) is 12.8. The summed E-state index contributed by atoms with van der Waals surface area (Å²) >= 11 is 6.10. The minimum atomic E-state index is 0.389. The Kier molecular flexibility index (Phi) is 3.98. The number of fused-ring (bicyclic) bond motifs is 1. The van der Waals surface area contributed by atoms with E-state index in [1.807, 2.05) is 0 Å². The number of likely N-dealkylation sites (tertiary alicyclic amines) is 1. The van der Waals surface area contributed by atoms with Crippen molar-refractivity contribution >= 4 is 17.4 Å². The molecule has 0 amide bonds. The third kappa shape index (κ3) is 2.44. The molecule has 1 aromatic rings. The summed E-state index contributed by atoms with van der Waals surface area (Å²) in [4.78, 5) is 13.2. The number of nitrogens with zero attached hydrogens (tertiary/aromatic N) is 4. The third-order valence-corrected chi connectivity index (χ3v) is 4.86. The lowest BCUT2D eigenvalue weighted by Crippen LogP contribution is -2.53. The summed E-state index contributed by atoms with van der Waals surface area (Å²) in [6, 6.07) is 0.711. The highest BCUT2D eigenvalue weighted by atomic mass is 35.5. The first-order valence-corrected chi connectivity index (χ1v) is 7.58. The van der Waals surface area contributed by atoms with Gasteiger partial charge in [0.25, 0.3) is 0 Å². The van der Waals surface area contributed by atoms with Gasteiger partial charge in [-0.2, -0.15) is 0 Å². The van der Waals surface area contributed by atoms with Gasteiger partial charge in [0.2, 0.25) is 0 Å². The van der Waals surface area contributed by atoms with E-state index in [2.05, 4.69) is 26.8 Å². The molecule has 2 fully saturated rings. The van der Waals surface area contributed by atoms with Crippen LogP contribution in [0.1, 0.15) is 19.3 Å².